The second kappa shape index (κ2) is 6.57. The lowest BCUT2D eigenvalue weighted by Crippen LogP contribution is -2.16. The lowest BCUT2D eigenvalue weighted by atomic mass is 10.1. The fourth-order valence-corrected chi connectivity index (χ4v) is 2.24. The second-order valence-electron chi connectivity index (χ2n) is 4.72. The third-order valence-electron chi connectivity index (χ3n) is 3.14. The normalized spacial score (nSPS) is 10.6. The molecule has 1 aromatic heterocycles. The Kier molecular flexibility index (Phi) is 4.79. The molecule has 0 atom stereocenters. The maximum absolute atomic E-state index is 12.1. The molecule has 0 aliphatic rings. The zero-order valence-electron chi connectivity index (χ0n) is 11.7. The molecule has 2 rings (SSSR count). The van der Waals surface area contributed by atoms with Gasteiger partial charge in [-0.05, 0) is 30.5 Å². The van der Waals surface area contributed by atoms with Gasteiger partial charge in [0.05, 0.1) is 11.2 Å². The maximum Gasteiger partial charge on any atom is 0.275 e. The van der Waals surface area contributed by atoms with E-state index in [0.717, 1.165) is 12.1 Å². The Hall–Kier alpha value is -1.81. The first-order valence-electron chi connectivity index (χ1n) is 6.69. The minimum absolute atomic E-state index is 0.253. The van der Waals surface area contributed by atoms with Crippen LogP contribution in [-0.4, -0.2) is 15.7 Å². The molecule has 0 radical (unpaired) electrons. The summed E-state index contributed by atoms with van der Waals surface area (Å²) >= 11 is 5.94. The van der Waals surface area contributed by atoms with Gasteiger partial charge >= 0.3 is 0 Å². The van der Waals surface area contributed by atoms with Crippen LogP contribution in [0, 0.1) is 0 Å². The number of nitrogens with one attached hydrogen (secondary N) is 1. The molecule has 0 aliphatic carbocycles. The Labute approximate surface area is 123 Å². The first kappa shape index (κ1) is 14.6. The minimum Gasteiger partial charge on any atom is -0.321 e. The van der Waals surface area contributed by atoms with E-state index in [0.29, 0.717) is 10.7 Å². The van der Waals surface area contributed by atoms with Crippen LogP contribution >= 0.6 is 11.6 Å². The van der Waals surface area contributed by atoms with E-state index >= 15 is 0 Å². The van der Waals surface area contributed by atoms with Crippen LogP contribution in [0.2, 0.25) is 5.02 Å². The average Bonchev–Trinajstić information content (AvgIpc) is 2.77. The van der Waals surface area contributed by atoms with Gasteiger partial charge in [-0.1, -0.05) is 37.1 Å². The number of carbonyl (C=O) groups excluding carboxylic acids is 1. The highest BCUT2D eigenvalue weighted by atomic mass is 35.5. The molecule has 0 aliphatic heterocycles. The second-order valence-corrected chi connectivity index (χ2v) is 5.13. The van der Waals surface area contributed by atoms with Gasteiger partial charge in [0.15, 0.2) is 0 Å². The quantitative estimate of drug-likeness (QED) is 0.913. The number of benzene rings is 1. The van der Waals surface area contributed by atoms with Crippen molar-refractivity contribution in [2.75, 3.05) is 5.32 Å². The Morgan fingerprint density at radius 3 is 2.60 bits per heavy atom. The highest BCUT2D eigenvalue weighted by Gasteiger charge is 2.15. The molecule has 0 unspecified atom stereocenters. The van der Waals surface area contributed by atoms with Gasteiger partial charge in [0, 0.05) is 12.7 Å². The number of amides is 1. The van der Waals surface area contributed by atoms with Crippen LogP contribution in [-0.2, 0) is 13.5 Å². The monoisotopic (exact) mass is 291 g/mol. The molecule has 0 saturated carbocycles. The first-order chi connectivity index (χ1) is 9.61. The molecule has 5 heteroatoms. The summed E-state index contributed by atoms with van der Waals surface area (Å²) in [6.07, 6.45) is 4.89. The number of rotatable bonds is 5. The molecule has 4 nitrogen and oxygen atoms in total. The fourth-order valence-electron chi connectivity index (χ4n) is 1.99. The van der Waals surface area contributed by atoms with Gasteiger partial charge in [0.1, 0.15) is 5.69 Å². The average molecular weight is 292 g/mol. The Morgan fingerprint density at radius 1 is 1.35 bits per heavy atom. The predicted molar refractivity (Wildman–Crippen MR) is 81.2 cm³/mol. The SMILES string of the molecule is CCCCc1ccc(NC(=O)c2c(Cl)cnn2C)cc1. The van der Waals surface area contributed by atoms with E-state index in [9.17, 15) is 4.79 Å². The van der Waals surface area contributed by atoms with Crippen LogP contribution in [0.5, 0.6) is 0 Å². The van der Waals surface area contributed by atoms with E-state index in [-0.39, 0.29) is 5.91 Å². The Morgan fingerprint density at radius 2 is 2.05 bits per heavy atom. The summed E-state index contributed by atoms with van der Waals surface area (Å²) in [6.45, 7) is 2.17. The van der Waals surface area contributed by atoms with Crippen molar-refractivity contribution in [3.05, 3.63) is 46.7 Å². The maximum atomic E-state index is 12.1. The van der Waals surface area contributed by atoms with E-state index in [4.69, 9.17) is 11.6 Å². The number of aromatic nitrogens is 2. The van der Waals surface area contributed by atoms with E-state index in [2.05, 4.69) is 17.3 Å². The summed E-state index contributed by atoms with van der Waals surface area (Å²) in [7, 11) is 1.69. The van der Waals surface area contributed by atoms with Crippen molar-refractivity contribution in [3.63, 3.8) is 0 Å². The molecule has 0 bridgehead atoms. The number of aryl methyl sites for hydroxylation is 2. The largest absolute Gasteiger partial charge is 0.321 e. The molecule has 2 aromatic rings. The summed E-state index contributed by atoms with van der Waals surface area (Å²) < 4.78 is 1.47. The zero-order valence-corrected chi connectivity index (χ0v) is 12.4. The van der Waals surface area contributed by atoms with E-state index < -0.39 is 0 Å². The highest BCUT2D eigenvalue weighted by molar-refractivity contribution is 6.34. The topological polar surface area (TPSA) is 46.9 Å². The number of unbranched alkanes of at least 4 members (excludes halogenated alkanes) is 1. The summed E-state index contributed by atoms with van der Waals surface area (Å²) in [5.74, 6) is -0.253. The van der Waals surface area contributed by atoms with E-state index in [1.807, 2.05) is 24.3 Å². The van der Waals surface area contributed by atoms with Crippen LogP contribution in [0.1, 0.15) is 35.8 Å². The molecule has 0 spiro atoms. The predicted octanol–water partition coefficient (Wildman–Crippen LogP) is 3.67. The van der Waals surface area contributed by atoms with Crippen molar-refractivity contribution in [1.29, 1.82) is 0 Å². The van der Waals surface area contributed by atoms with Crippen LogP contribution in [0.4, 0.5) is 5.69 Å². The van der Waals surface area contributed by atoms with Crippen LogP contribution in [0.3, 0.4) is 0 Å². The summed E-state index contributed by atoms with van der Waals surface area (Å²) in [4.78, 5) is 12.1. The van der Waals surface area contributed by atoms with Gasteiger partial charge in [-0.3, -0.25) is 9.48 Å². The van der Waals surface area contributed by atoms with Gasteiger partial charge in [-0.25, -0.2) is 0 Å². The first-order valence-corrected chi connectivity index (χ1v) is 7.07. The molecule has 1 heterocycles. The third kappa shape index (κ3) is 3.39. The van der Waals surface area contributed by atoms with Gasteiger partial charge in [0.2, 0.25) is 0 Å². The number of carbonyl (C=O) groups is 1. The van der Waals surface area contributed by atoms with Crippen LogP contribution in [0.15, 0.2) is 30.5 Å². The number of nitrogens with zero attached hydrogens (tertiary/aromatic N) is 2. The summed E-state index contributed by atoms with van der Waals surface area (Å²) in [5, 5.41) is 7.13. The van der Waals surface area contributed by atoms with Crippen LogP contribution in [0.25, 0.3) is 0 Å². The van der Waals surface area contributed by atoms with Gasteiger partial charge in [-0.2, -0.15) is 5.10 Å². The molecule has 106 valence electrons. The Bertz CT molecular complexity index is 570. The summed E-state index contributed by atoms with van der Waals surface area (Å²) in [5.41, 5.74) is 2.40. The standard InChI is InChI=1S/C15H18ClN3O/c1-3-4-5-11-6-8-12(9-7-11)18-15(20)14-13(16)10-17-19(14)2/h6-10H,3-5H2,1-2H3,(H,18,20). The number of halogens is 1. The lowest BCUT2D eigenvalue weighted by molar-refractivity contribution is 0.101. The van der Waals surface area contributed by atoms with E-state index in [1.165, 1.54) is 29.3 Å². The number of hydrogen-bond donors (Lipinski definition) is 1. The molecule has 0 fully saturated rings. The molecule has 1 amide bonds. The van der Waals surface area contributed by atoms with Crippen molar-refractivity contribution in [2.45, 2.75) is 26.2 Å². The molecule has 1 N–H and O–H groups in total. The third-order valence-corrected chi connectivity index (χ3v) is 3.42. The minimum atomic E-state index is -0.253. The fraction of sp³-hybridized carbons (Fsp3) is 0.333. The molecular formula is C15H18ClN3O. The van der Waals surface area contributed by atoms with Crippen molar-refractivity contribution in [2.24, 2.45) is 7.05 Å². The van der Waals surface area contributed by atoms with Crippen LogP contribution < -0.4 is 5.32 Å². The number of anilines is 1. The van der Waals surface area contributed by atoms with Gasteiger partial charge in [0.25, 0.3) is 5.91 Å². The van der Waals surface area contributed by atoms with E-state index in [1.54, 1.807) is 7.05 Å². The van der Waals surface area contributed by atoms with Crippen molar-refractivity contribution >= 4 is 23.2 Å². The zero-order chi connectivity index (χ0) is 14.5. The smallest absolute Gasteiger partial charge is 0.275 e. The van der Waals surface area contributed by atoms with Crippen molar-refractivity contribution in [1.82, 2.24) is 9.78 Å². The summed E-state index contributed by atoms with van der Waals surface area (Å²) in [6, 6.07) is 7.90. The molecular weight excluding hydrogens is 274 g/mol. The molecule has 1 aromatic carbocycles. The van der Waals surface area contributed by atoms with Crippen molar-refractivity contribution in [3.8, 4) is 0 Å². The van der Waals surface area contributed by atoms with Gasteiger partial charge in [-0.15, -0.1) is 0 Å². The van der Waals surface area contributed by atoms with Crippen molar-refractivity contribution < 1.29 is 4.79 Å². The highest BCUT2D eigenvalue weighted by Crippen LogP contribution is 2.17. The van der Waals surface area contributed by atoms with Gasteiger partial charge < -0.3 is 5.32 Å². The Balaban J connectivity index is 2.05. The lowest BCUT2D eigenvalue weighted by Gasteiger charge is -2.07. The molecule has 20 heavy (non-hydrogen) atoms. The molecule has 0 saturated heterocycles. The number of hydrogen-bond acceptors (Lipinski definition) is 2.